The van der Waals surface area contributed by atoms with E-state index < -0.39 is 29.5 Å². The summed E-state index contributed by atoms with van der Waals surface area (Å²) in [5.41, 5.74) is 6.79. The first kappa shape index (κ1) is 51.5. The number of aliphatic hydroxyl groups excluding tert-OH is 1. The Morgan fingerprint density at radius 2 is 1.68 bits per heavy atom. The molecule has 4 aromatic heterocycles. The summed E-state index contributed by atoms with van der Waals surface area (Å²) >= 11 is 1.57. The number of Topliss-reactive ketones (excluding diaryl/α,β-unsaturated/α-hetero) is 1. The Hall–Kier alpha value is -6.84. The summed E-state index contributed by atoms with van der Waals surface area (Å²) in [6, 6.07) is 9.95. The molecule has 1 aliphatic carbocycles. The number of β-amino-alcohol motifs (C(OH)–C–C–N with tert-alkyl or cyclic N) is 1. The number of aromatic nitrogens is 5. The fourth-order valence-corrected chi connectivity index (χ4v) is 10.8. The standard InChI is InChI=1S/C54H64N10O7S/c1-33-42-30-56-44(59-50(42)64(39-12-10-11-13-39)52(70)47(33)35(3)65)26-38-20-21-40(29-55-38)61-22-24-62(25-23-61)46(68)15-9-7-8-14-45(67)60-49(54(4,5)6)53(71)63-31-41(66)27-43(63)51(69)57-28-36-16-18-37(19-17-36)48-34(2)58-32-72-48/h16-21,29-30,32,39,41,43,49,66H,7-8,10-14,22-28,31H2,1-6H3,(H,57,69)(H,60,67)/t41-,43+,49-/m1/s1. The Labute approximate surface area is 423 Å². The summed E-state index contributed by atoms with van der Waals surface area (Å²) in [6.45, 7) is 13.1. The molecule has 0 spiro atoms. The quantitative estimate of drug-likeness (QED) is 0.0719. The van der Waals surface area contributed by atoms with Crippen LogP contribution in [0.2, 0.25) is 0 Å². The van der Waals surface area contributed by atoms with E-state index in [1.807, 2.05) is 75.8 Å². The van der Waals surface area contributed by atoms with E-state index >= 15 is 0 Å². The first-order valence-corrected chi connectivity index (χ1v) is 25.8. The fourth-order valence-electron chi connectivity index (χ4n) is 9.98. The van der Waals surface area contributed by atoms with Crippen LogP contribution < -0.4 is 21.1 Å². The average molecular weight is 997 g/mol. The van der Waals surface area contributed by atoms with Crippen molar-refractivity contribution in [3.63, 3.8) is 0 Å². The number of likely N-dealkylation sites (tertiary alicyclic amines) is 1. The third-order valence-electron chi connectivity index (χ3n) is 14.0. The molecule has 378 valence electrons. The van der Waals surface area contributed by atoms with Gasteiger partial charge >= 0.3 is 0 Å². The number of piperazine rings is 1. The second kappa shape index (κ2) is 22.3. The van der Waals surface area contributed by atoms with E-state index in [0.717, 1.165) is 58.8 Å². The van der Waals surface area contributed by atoms with Crippen LogP contribution in [0.15, 0.2) is 59.1 Å². The number of hydrogen-bond donors (Lipinski definition) is 3. The third kappa shape index (κ3) is 11.7. The summed E-state index contributed by atoms with van der Waals surface area (Å²) in [5.74, 6) is 4.50. The van der Waals surface area contributed by atoms with Crippen LogP contribution in [0.4, 0.5) is 5.69 Å². The summed E-state index contributed by atoms with van der Waals surface area (Å²) < 4.78 is 1.72. The SMILES string of the molecule is CC(=O)c1c(C)c2cnc(Cc3ccc(N4CCN(C(=O)C#CCCCC(=O)N[C@H](C(=O)N5C[C@H](O)C[C@H]5C(=O)NCc5ccc(-c6scnc6C)cc5)C(C)(C)C)CC4)cn3)nc2n(C2CCCC2)c1=O. The van der Waals surface area contributed by atoms with E-state index in [0.29, 0.717) is 67.9 Å². The van der Waals surface area contributed by atoms with E-state index in [4.69, 9.17) is 9.97 Å². The van der Waals surface area contributed by atoms with E-state index in [2.05, 4.69) is 37.3 Å². The number of rotatable bonds is 14. The number of thiazole rings is 1. The number of carbonyl (C=O) groups excluding carboxylic acids is 5. The van der Waals surface area contributed by atoms with Gasteiger partial charge in [-0.15, -0.1) is 11.3 Å². The number of amides is 4. The van der Waals surface area contributed by atoms with Crippen LogP contribution in [0.25, 0.3) is 21.5 Å². The molecule has 0 unspecified atom stereocenters. The Kier molecular flexibility index (Phi) is 15.9. The zero-order valence-corrected chi connectivity index (χ0v) is 42.8. The van der Waals surface area contributed by atoms with E-state index in [-0.39, 0.29) is 66.6 Å². The number of ketones is 1. The van der Waals surface area contributed by atoms with Gasteiger partial charge in [-0.25, -0.2) is 15.0 Å². The molecule has 2 saturated heterocycles. The Morgan fingerprint density at radius 3 is 2.33 bits per heavy atom. The molecule has 0 radical (unpaired) electrons. The van der Waals surface area contributed by atoms with Crippen molar-refractivity contribution in [2.45, 2.75) is 130 Å². The normalized spacial score (nSPS) is 17.7. The van der Waals surface area contributed by atoms with Crippen molar-refractivity contribution in [1.29, 1.82) is 0 Å². The van der Waals surface area contributed by atoms with Gasteiger partial charge in [0.15, 0.2) is 5.78 Å². The first-order chi connectivity index (χ1) is 34.5. The summed E-state index contributed by atoms with van der Waals surface area (Å²) in [7, 11) is 0. The largest absolute Gasteiger partial charge is 0.391 e. The van der Waals surface area contributed by atoms with Crippen molar-refractivity contribution in [2.24, 2.45) is 5.41 Å². The molecule has 8 rings (SSSR count). The lowest BCUT2D eigenvalue weighted by atomic mass is 9.85. The van der Waals surface area contributed by atoms with Crippen LogP contribution in [0.5, 0.6) is 0 Å². The molecule has 6 heterocycles. The predicted octanol–water partition coefficient (Wildman–Crippen LogP) is 5.47. The molecule has 0 bridgehead atoms. The van der Waals surface area contributed by atoms with Crippen LogP contribution in [0.3, 0.4) is 0 Å². The van der Waals surface area contributed by atoms with Crippen LogP contribution >= 0.6 is 11.3 Å². The van der Waals surface area contributed by atoms with Crippen LogP contribution in [-0.4, -0.2) is 120 Å². The summed E-state index contributed by atoms with van der Waals surface area (Å²) in [5, 5.41) is 17.1. The highest BCUT2D eigenvalue weighted by Gasteiger charge is 2.44. The number of anilines is 1. The first-order valence-electron chi connectivity index (χ1n) is 24.9. The minimum absolute atomic E-state index is 0.000762. The van der Waals surface area contributed by atoms with Gasteiger partial charge in [-0.2, -0.15) is 0 Å². The van der Waals surface area contributed by atoms with Gasteiger partial charge in [-0.1, -0.05) is 63.8 Å². The van der Waals surface area contributed by atoms with E-state index in [1.54, 1.807) is 33.9 Å². The van der Waals surface area contributed by atoms with Gasteiger partial charge in [-0.3, -0.25) is 38.3 Å². The van der Waals surface area contributed by atoms with Gasteiger partial charge in [0, 0.05) is 81.8 Å². The summed E-state index contributed by atoms with van der Waals surface area (Å²) in [6.07, 6.45) is 7.67. The predicted molar refractivity (Wildman–Crippen MR) is 275 cm³/mol. The zero-order valence-electron chi connectivity index (χ0n) is 42.0. The highest BCUT2D eigenvalue weighted by molar-refractivity contribution is 7.13. The number of aryl methyl sites for hydroxylation is 2. The molecule has 5 aromatic rings. The number of unbranched alkanes of at least 4 members (excludes halogenated alkanes) is 1. The highest BCUT2D eigenvalue weighted by atomic mass is 32.1. The molecule has 1 saturated carbocycles. The average Bonchev–Trinajstić information content (AvgIpc) is 4.14. The molecule has 72 heavy (non-hydrogen) atoms. The second-order valence-corrected chi connectivity index (χ2v) is 21.1. The van der Waals surface area contributed by atoms with Gasteiger partial charge in [0.05, 0.1) is 46.1 Å². The maximum atomic E-state index is 14.1. The van der Waals surface area contributed by atoms with Crippen molar-refractivity contribution in [2.75, 3.05) is 37.6 Å². The van der Waals surface area contributed by atoms with Crippen molar-refractivity contribution in [1.82, 2.24) is 44.9 Å². The van der Waals surface area contributed by atoms with Crippen LogP contribution in [-0.2, 0) is 32.1 Å². The number of carbonyl (C=O) groups is 5. The Morgan fingerprint density at radius 1 is 0.944 bits per heavy atom. The number of nitrogens with one attached hydrogen (secondary N) is 2. The molecule has 3 fully saturated rings. The minimum Gasteiger partial charge on any atom is -0.391 e. The van der Waals surface area contributed by atoms with Gasteiger partial charge in [0.1, 0.15) is 23.6 Å². The van der Waals surface area contributed by atoms with Crippen LogP contribution in [0, 0.1) is 31.1 Å². The number of hydrogen-bond acceptors (Lipinski definition) is 13. The maximum Gasteiger partial charge on any atom is 0.298 e. The fraction of sp³-hybridized carbons (Fsp3) is 0.481. The van der Waals surface area contributed by atoms with E-state index in [1.165, 1.54) is 11.8 Å². The molecule has 3 atom stereocenters. The van der Waals surface area contributed by atoms with Gasteiger partial charge < -0.3 is 30.4 Å². The number of pyridine rings is 2. The van der Waals surface area contributed by atoms with E-state index in [9.17, 15) is 33.9 Å². The van der Waals surface area contributed by atoms with Crippen molar-refractivity contribution >= 4 is 57.5 Å². The molecule has 4 amide bonds. The molecule has 1 aromatic carbocycles. The number of nitrogens with zero attached hydrogens (tertiary/aromatic N) is 8. The topological polar surface area (TPSA) is 213 Å². The lowest BCUT2D eigenvalue weighted by Gasteiger charge is -2.35. The third-order valence-corrected chi connectivity index (χ3v) is 15.0. The lowest BCUT2D eigenvalue weighted by Crippen LogP contribution is -2.57. The second-order valence-electron chi connectivity index (χ2n) is 20.3. The monoisotopic (exact) mass is 996 g/mol. The van der Waals surface area contributed by atoms with Gasteiger partial charge in [0.25, 0.3) is 11.5 Å². The van der Waals surface area contributed by atoms with Gasteiger partial charge in [-0.05, 0) is 80.2 Å². The molecule has 17 nitrogen and oxygen atoms in total. The number of fused-ring (bicyclic) bond motifs is 1. The maximum absolute atomic E-state index is 14.1. The molecular weight excluding hydrogens is 933 g/mol. The van der Waals surface area contributed by atoms with Crippen molar-refractivity contribution < 1.29 is 29.1 Å². The van der Waals surface area contributed by atoms with Gasteiger partial charge in [0.2, 0.25) is 17.7 Å². The molecule has 3 aliphatic rings. The highest BCUT2D eigenvalue weighted by Crippen LogP contribution is 2.33. The Balaban J connectivity index is 0.782. The molecular formula is C54H64N10O7S. The summed E-state index contributed by atoms with van der Waals surface area (Å²) in [4.78, 5) is 105. The van der Waals surface area contributed by atoms with Crippen LogP contribution in [0.1, 0.15) is 124 Å². The molecule has 18 heteroatoms. The molecule has 2 aliphatic heterocycles. The number of aliphatic hydroxyl groups is 1. The zero-order chi connectivity index (χ0) is 51.3. The van der Waals surface area contributed by atoms with Crippen molar-refractivity contribution in [3.05, 3.63) is 98.6 Å². The smallest absolute Gasteiger partial charge is 0.298 e. The Bertz CT molecular complexity index is 2960. The number of benzene rings is 1. The minimum atomic E-state index is -0.948. The lowest BCUT2D eigenvalue weighted by molar-refractivity contribution is -0.144. The molecule has 3 N–H and O–H groups in total. The van der Waals surface area contributed by atoms with Crippen molar-refractivity contribution in [3.8, 4) is 22.3 Å².